The van der Waals surface area contributed by atoms with Gasteiger partial charge in [0.2, 0.25) is 0 Å². The second kappa shape index (κ2) is 10.7. The lowest BCUT2D eigenvalue weighted by molar-refractivity contribution is 0.379. The molecule has 44 heavy (non-hydrogen) atoms. The molecule has 0 heterocycles. The maximum absolute atomic E-state index is 15.4. The Labute approximate surface area is 228 Å². The van der Waals surface area contributed by atoms with Gasteiger partial charge in [0.05, 0.1) is 0 Å². The number of hydrogen-bond donors (Lipinski definition) is 0. The van der Waals surface area contributed by atoms with Crippen molar-refractivity contribution in [2.24, 2.45) is 0 Å². The highest BCUT2D eigenvalue weighted by Crippen LogP contribution is 2.30. The molecule has 4 aromatic carbocycles. The summed E-state index contributed by atoms with van der Waals surface area (Å²) in [5, 5.41) is 0. The Morgan fingerprint density at radius 3 is 0.591 bits per heavy atom. The molecule has 0 fully saturated rings. The standard InChI is InChI=1S/C24HBF19/c26-2-1-3(27)9(29)4(8(2)28)25(5-10(30)16(36)22(42)17(37)11(5)31,6-12(32)18(38)23(43)19(39)13(6)33)7-14(34)20(40)24(44)21(41)15(7)35/h1H/q-1. The van der Waals surface area contributed by atoms with Crippen LogP contribution in [0.15, 0.2) is 6.07 Å². The first-order valence-corrected chi connectivity index (χ1v) is 10.8. The van der Waals surface area contributed by atoms with Crippen LogP contribution in [0.3, 0.4) is 0 Å². The van der Waals surface area contributed by atoms with Crippen LogP contribution >= 0.6 is 0 Å². The summed E-state index contributed by atoms with van der Waals surface area (Å²) < 4.78 is 280. The van der Waals surface area contributed by atoms with Crippen molar-refractivity contribution in [3.8, 4) is 0 Å². The normalized spacial score (nSPS) is 12.0. The molecule has 0 aliphatic carbocycles. The van der Waals surface area contributed by atoms with E-state index in [1.165, 1.54) is 0 Å². The second-order valence-corrected chi connectivity index (χ2v) is 8.70. The van der Waals surface area contributed by atoms with Crippen molar-refractivity contribution < 1.29 is 83.4 Å². The summed E-state index contributed by atoms with van der Waals surface area (Å²) in [5.74, 6) is -64.9. The van der Waals surface area contributed by atoms with E-state index in [0.29, 0.717) is 0 Å². The summed E-state index contributed by atoms with van der Waals surface area (Å²) in [5.41, 5.74) is -13.7. The number of hydrogen-bond acceptors (Lipinski definition) is 0. The molecular weight excluding hydrogens is 660 g/mol. The van der Waals surface area contributed by atoms with Gasteiger partial charge in [0, 0.05) is 6.07 Å². The first-order chi connectivity index (χ1) is 20.3. The topological polar surface area (TPSA) is 0 Å². The van der Waals surface area contributed by atoms with E-state index in [4.69, 9.17) is 0 Å². The molecule has 0 aromatic heterocycles. The minimum absolute atomic E-state index is 0.857. The van der Waals surface area contributed by atoms with Gasteiger partial charge in [-0.15, -0.1) is 21.9 Å². The van der Waals surface area contributed by atoms with E-state index in [-0.39, 0.29) is 0 Å². The third kappa shape index (κ3) is 4.05. The summed E-state index contributed by atoms with van der Waals surface area (Å²) in [6.45, 7) is 0. The molecule has 0 N–H and O–H groups in total. The van der Waals surface area contributed by atoms with Gasteiger partial charge in [-0.05, 0) is 0 Å². The first-order valence-electron chi connectivity index (χ1n) is 10.8. The highest BCUT2D eigenvalue weighted by molar-refractivity contribution is 7.20. The first kappa shape index (κ1) is 32.5. The van der Waals surface area contributed by atoms with Gasteiger partial charge < -0.3 is 0 Å². The van der Waals surface area contributed by atoms with Crippen molar-refractivity contribution in [3.63, 3.8) is 0 Å². The minimum atomic E-state index is -7.04. The fourth-order valence-electron chi connectivity index (χ4n) is 4.84. The zero-order chi connectivity index (χ0) is 33.5. The molecule has 0 amide bonds. The quantitative estimate of drug-likeness (QED) is 0.114. The van der Waals surface area contributed by atoms with E-state index in [2.05, 4.69) is 0 Å². The predicted octanol–water partition coefficient (Wildman–Crippen LogP) is 5.71. The molecule has 0 aliphatic rings. The molecule has 0 bridgehead atoms. The molecule has 0 saturated carbocycles. The lowest BCUT2D eigenvalue weighted by Crippen LogP contribution is -2.81. The van der Waals surface area contributed by atoms with E-state index in [9.17, 15) is 48.3 Å². The molecular formula is C24HBF19-. The SMILES string of the molecule is Fc1cc(F)c(F)c([B-](c2c(F)c(F)c(F)c(F)c2F)(c2c(F)c(F)c(F)c(F)c2F)c2c(F)c(F)c(F)c(F)c2F)c1F. The molecule has 0 nitrogen and oxygen atoms in total. The van der Waals surface area contributed by atoms with Gasteiger partial charge in [-0.1, -0.05) is 0 Å². The maximum Gasteiger partial charge on any atom is 0.200 e. The van der Waals surface area contributed by atoms with Crippen molar-refractivity contribution in [2.75, 3.05) is 0 Å². The highest BCUT2D eigenvalue weighted by atomic mass is 19.2. The van der Waals surface area contributed by atoms with Gasteiger partial charge in [-0.2, -0.15) is 0 Å². The Hall–Kier alpha value is -4.39. The summed E-state index contributed by atoms with van der Waals surface area (Å²) in [4.78, 5) is 0. The third-order valence-corrected chi connectivity index (χ3v) is 6.61. The molecule has 0 radical (unpaired) electrons. The number of rotatable bonds is 4. The molecule has 4 rings (SSSR count). The Balaban J connectivity index is 2.68. The van der Waals surface area contributed by atoms with Gasteiger partial charge in [0.1, 0.15) is 52.7 Å². The van der Waals surface area contributed by atoms with Crippen LogP contribution in [0.4, 0.5) is 83.4 Å². The molecule has 0 unspecified atom stereocenters. The van der Waals surface area contributed by atoms with Crippen LogP contribution < -0.4 is 21.9 Å². The molecule has 0 saturated heterocycles. The van der Waals surface area contributed by atoms with Crippen LogP contribution in [-0.4, -0.2) is 6.15 Å². The Bertz CT molecular complexity index is 1640. The van der Waals surface area contributed by atoms with E-state index < -0.39 is 145 Å². The van der Waals surface area contributed by atoms with Gasteiger partial charge in [0.15, 0.2) is 64.0 Å². The van der Waals surface area contributed by atoms with Crippen molar-refractivity contribution in [1.29, 1.82) is 0 Å². The van der Waals surface area contributed by atoms with Gasteiger partial charge in [-0.25, -0.2) is 83.4 Å². The van der Waals surface area contributed by atoms with Crippen molar-refractivity contribution >= 4 is 28.0 Å². The monoisotopic (exact) mass is 661 g/mol. The van der Waals surface area contributed by atoms with Crippen LogP contribution in [0.2, 0.25) is 0 Å². The summed E-state index contributed by atoms with van der Waals surface area (Å²) in [7, 11) is 0. The molecule has 4 aromatic rings. The van der Waals surface area contributed by atoms with Gasteiger partial charge in [-0.3, -0.25) is 0 Å². The Morgan fingerprint density at radius 1 is 0.227 bits per heavy atom. The molecule has 20 heteroatoms. The Morgan fingerprint density at radius 2 is 0.386 bits per heavy atom. The molecule has 0 spiro atoms. The van der Waals surface area contributed by atoms with E-state index in [1.807, 2.05) is 0 Å². The maximum atomic E-state index is 15.4. The predicted molar refractivity (Wildman–Crippen MR) is 109 cm³/mol. The Kier molecular flexibility index (Phi) is 7.88. The number of benzene rings is 4. The largest absolute Gasteiger partial charge is 0.207 e. The molecule has 0 aliphatic heterocycles. The smallest absolute Gasteiger partial charge is 0.200 e. The van der Waals surface area contributed by atoms with Crippen LogP contribution in [-0.2, 0) is 0 Å². The summed E-state index contributed by atoms with van der Waals surface area (Å²) >= 11 is 0. The number of halogens is 19. The summed E-state index contributed by atoms with van der Waals surface area (Å²) in [6.07, 6.45) is -7.04. The fourth-order valence-corrected chi connectivity index (χ4v) is 4.84. The van der Waals surface area contributed by atoms with Crippen LogP contribution in [0.1, 0.15) is 0 Å². The van der Waals surface area contributed by atoms with Crippen molar-refractivity contribution in [3.05, 3.63) is 117 Å². The van der Waals surface area contributed by atoms with E-state index in [1.54, 1.807) is 0 Å². The zero-order valence-electron chi connectivity index (χ0n) is 19.8. The minimum Gasteiger partial charge on any atom is -0.207 e. The third-order valence-electron chi connectivity index (χ3n) is 6.61. The van der Waals surface area contributed by atoms with Crippen molar-refractivity contribution in [2.45, 2.75) is 0 Å². The molecule has 234 valence electrons. The van der Waals surface area contributed by atoms with Crippen molar-refractivity contribution in [1.82, 2.24) is 0 Å². The van der Waals surface area contributed by atoms with Crippen LogP contribution in [0.5, 0.6) is 0 Å². The lowest BCUT2D eigenvalue weighted by Gasteiger charge is -2.44. The van der Waals surface area contributed by atoms with Crippen LogP contribution in [0, 0.1) is 111 Å². The van der Waals surface area contributed by atoms with Crippen LogP contribution in [0.25, 0.3) is 0 Å². The zero-order valence-corrected chi connectivity index (χ0v) is 19.8. The van der Waals surface area contributed by atoms with E-state index in [0.717, 1.165) is 0 Å². The van der Waals surface area contributed by atoms with Gasteiger partial charge >= 0.3 is 0 Å². The van der Waals surface area contributed by atoms with Gasteiger partial charge in [0.25, 0.3) is 0 Å². The average molecular weight is 661 g/mol. The lowest BCUT2D eigenvalue weighted by atomic mass is 9.12. The second-order valence-electron chi connectivity index (χ2n) is 8.70. The molecule has 0 atom stereocenters. The van der Waals surface area contributed by atoms with E-state index >= 15 is 35.1 Å². The highest BCUT2D eigenvalue weighted by Gasteiger charge is 2.51. The summed E-state index contributed by atoms with van der Waals surface area (Å²) in [6, 6.07) is -0.857. The average Bonchev–Trinajstić information content (AvgIpc) is 2.98. The fraction of sp³-hybridized carbons (Fsp3) is 0.